The van der Waals surface area contributed by atoms with E-state index in [2.05, 4.69) is 5.32 Å². The van der Waals surface area contributed by atoms with E-state index in [1.165, 1.54) is 18.7 Å². The van der Waals surface area contributed by atoms with E-state index in [9.17, 15) is 14.4 Å². The molecule has 0 saturated heterocycles. The van der Waals surface area contributed by atoms with Crippen molar-refractivity contribution in [2.75, 3.05) is 16.8 Å². The molecule has 0 heterocycles. The Morgan fingerprint density at radius 3 is 2.44 bits per heavy atom. The van der Waals surface area contributed by atoms with Crippen LogP contribution in [0.5, 0.6) is 0 Å². The second-order valence-corrected chi connectivity index (χ2v) is 5.42. The number of rotatable bonds is 5. The van der Waals surface area contributed by atoms with Gasteiger partial charge in [-0.1, -0.05) is 24.3 Å². The predicted octanol–water partition coefficient (Wildman–Crippen LogP) is 2.75. The fraction of sp³-hybridized carbons (Fsp3) is 0.158. The van der Waals surface area contributed by atoms with Gasteiger partial charge in [0.15, 0.2) is 5.78 Å². The van der Waals surface area contributed by atoms with E-state index in [0.717, 1.165) is 0 Å². The maximum absolute atomic E-state index is 12.3. The number of Topliss-reactive ketones (excluding diaryl/α,β-unsaturated/α-hetero) is 1. The van der Waals surface area contributed by atoms with E-state index in [4.69, 9.17) is 5.26 Å². The highest BCUT2D eigenvalue weighted by atomic mass is 16.2. The molecular weight excluding hydrogens is 318 g/mol. The van der Waals surface area contributed by atoms with Crippen LogP contribution in [0.4, 0.5) is 11.4 Å². The van der Waals surface area contributed by atoms with Crippen LogP contribution in [0.3, 0.4) is 0 Å². The van der Waals surface area contributed by atoms with Gasteiger partial charge in [-0.05, 0) is 31.2 Å². The summed E-state index contributed by atoms with van der Waals surface area (Å²) in [6, 6.07) is 15.1. The quantitative estimate of drug-likeness (QED) is 0.851. The van der Waals surface area contributed by atoms with Crippen molar-refractivity contribution in [1.29, 1.82) is 5.26 Å². The number of anilines is 2. The third-order valence-corrected chi connectivity index (χ3v) is 3.57. The summed E-state index contributed by atoms with van der Waals surface area (Å²) in [5.74, 6) is -0.895. The van der Waals surface area contributed by atoms with Gasteiger partial charge in [-0.2, -0.15) is 5.26 Å². The zero-order valence-electron chi connectivity index (χ0n) is 13.9. The number of amides is 2. The molecule has 0 aliphatic carbocycles. The smallest absolute Gasteiger partial charge is 0.244 e. The van der Waals surface area contributed by atoms with Crippen molar-refractivity contribution in [3.05, 3.63) is 59.7 Å². The highest BCUT2D eigenvalue weighted by molar-refractivity contribution is 6.03. The van der Waals surface area contributed by atoms with Gasteiger partial charge in [-0.15, -0.1) is 0 Å². The molecule has 0 atom stereocenters. The van der Waals surface area contributed by atoms with E-state index in [0.29, 0.717) is 22.5 Å². The molecule has 0 aromatic heterocycles. The van der Waals surface area contributed by atoms with E-state index < -0.39 is 5.91 Å². The summed E-state index contributed by atoms with van der Waals surface area (Å²) < 4.78 is 0. The average molecular weight is 335 g/mol. The summed E-state index contributed by atoms with van der Waals surface area (Å²) in [5, 5.41) is 11.7. The normalized spacial score (nSPS) is 9.80. The van der Waals surface area contributed by atoms with Gasteiger partial charge in [-0.3, -0.25) is 14.4 Å². The third-order valence-electron chi connectivity index (χ3n) is 3.57. The van der Waals surface area contributed by atoms with Gasteiger partial charge >= 0.3 is 0 Å². The molecule has 0 aliphatic rings. The van der Waals surface area contributed by atoms with Crippen LogP contribution in [0.1, 0.15) is 29.8 Å². The number of hydrogen-bond acceptors (Lipinski definition) is 4. The van der Waals surface area contributed by atoms with Gasteiger partial charge in [0.05, 0.1) is 11.3 Å². The number of nitrogens with zero attached hydrogens (tertiary/aromatic N) is 2. The van der Waals surface area contributed by atoms with Crippen LogP contribution < -0.4 is 10.2 Å². The zero-order valence-corrected chi connectivity index (χ0v) is 13.9. The number of hydrogen-bond donors (Lipinski definition) is 1. The fourth-order valence-electron chi connectivity index (χ4n) is 2.30. The van der Waals surface area contributed by atoms with Crippen molar-refractivity contribution < 1.29 is 14.4 Å². The third kappa shape index (κ3) is 4.52. The lowest BCUT2D eigenvalue weighted by atomic mass is 10.1. The minimum Gasteiger partial charge on any atom is -0.323 e. The first-order chi connectivity index (χ1) is 11.9. The van der Waals surface area contributed by atoms with E-state index >= 15 is 0 Å². The van der Waals surface area contributed by atoms with Crippen molar-refractivity contribution in [1.82, 2.24) is 0 Å². The molecule has 25 heavy (non-hydrogen) atoms. The van der Waals surface area contributed by atoms with Gasteiger partial charge in [0, 0.05) is 18.2 Å². The number of carbonyl (C=O) groups is 3. The number of benzene rings is 2. The average Bonchev–Trinajstić information content (AvgIpc) is 2.60. The largest absolute Gasteiger partial charge is 0.323 e. The van der Waals surface area contributed by atoms with Gasteiger partial charge in [-0.25, -0.2) is 0 Å². The van der Waals surface area contributed by atoms with Crippen LogP contribution in [0, 0.1) is 11.3 Å². The Kier molecular flexibility index (Phi) is 5.64. The molecule has 6 nitrogen and oxygen atoms in total. The van der Waals surface area contributed by atoms with Crippen LogP contribution in [0.2, 0.25) is 0 Å². The molecule has 6 heteroatoms. The van der Waals surface area contributed by atoms with Crippen LogP contribution in [0.25, 0.3) is 0 Å². The minimum atomic E-state index is -0.439. The Balaban J connectivity index is 2.21. The SMILES string of the molecule is CC(=O)c1cccc(N(CC(=O)Nc2ccccc2C#N)C(C)=O)c1. The molecule has 126 valence electrons. The molecule has 2 amide bonds. The van der Waals surface area contributed by atoms with Crippen LogP contribution >= 0.6 is 0 Å². The van der Waals surface area contributed by atoms with Crippen molar-refractivity contribution in [2.24, 2.45) is 0 Å². The number of nitriles is 1. The topological polar surface area (TPSA) is 90.3 Å². The predicted molar refractivity (Wildman–Crippen MR) is 94.3 cm³/mol. The second kappa shape index (κ2) is 7.88. The van der Waals surface area contributed by atoms with E-state index in [-0.39, 0.29) is 18.2 Å². The van der Waals surface area contributed by atoms with Crippen molar-refractivity contribution in [3.8, 4) is 6.07 Å². The minimum absolute atomic E-state index is 0.127. The van der Waals surface area contributed by atoms with Crippen molar-refractivity contribution >= 4 is 29.0 Å². The molecule has 0 bridgehead atoms. The highest BCUT2D eigenvalue weighted by Crippen LogP contribution is 2.18. The van der Waals surface area contributed by atoms with Gasteiger partial charge in [0.1, 0.15) is 12.6 Å². The first-order valence-electron chi connectivity index (χ1n) is 7.60. The molecule has 0 fully saturated rings. The Hall–Kier alpha value is -3.46. The number of carbonyl (C=O) groups excluding carboxylic acids is 3. The summed E-state index contributed by atoms with van der Waals surface area (Å²) in [6.45, 7) is 2.55. The maximum atomic E-state index is 12.3. The molecule has 0 radical (unpaired) electrons. The van der Waals surface area contributed by atoms with Gasteiger partial charge in [0.25, 0.3) is 0 Å². The maximum Gasteiger partial charge on any atom is 0.244 e. The summed E-state index contributed by atoms with van der Waals surface area (Å²) in [5.41, 5.74) is 1.64. The first-order valence-corrected chi connectivity index (χ1v) is 7.60. The standard InChI is InChI=1S/C19H17N3O3/c1-13(23)15-7-5-8-17(10-15)22(14(2)24)12-19(25)21-18-9-4-3-6-16(18)11-20/h3-10H,12H2,1-2H3,(H,21,25). The lowest BCUT2D eigenvalue weighted by Gasteiger charge is -2.21. The number of nitrogens with one attached hydrogen (secondary N) is 1. The monoisotopic (exact) mass is 335 g/mol. The molecular formula is C19H17N3O3. The molecule has 0 aliphatic heterocycles. The number of ketones is 1. The summed E-state index contributed by atoms with van der Waals surface area (Å²) in [6.07, 6.45) is 0. The van der Waals surface area contributed by atoms with Gasteiger partial charge in [0.2, 0.25) is 11.8 Å². The van der Waals surface area contributed by atoms with Gasteiger partial charge < -0.3 is 10.2 Å². The summed E-state index contributed by atoms with van der Waals surface area (Å²) in [4.78, 5) is 37.0. The van der Waals surface area contributed by atoms with E-state index in [1.54, 1.807) is 48.5 Å². The Morgan fingerprint density at radius 1 is 1.08 bits per heavy atom. The molecule has 2 rings (SSSR count). The number of para-hydroxylation sites is 1. The lowest BCUT2D eigenvalue weighted by Crippen LogP contribution is -2.36. The summed E-state index contributed by atoms with van der Waals surface area (Å²) in [7, 11) is 0. The van der Waals surface area contributed by atoms with Crippen LogP contribution in [-0.2, 0) is 9.59 Å². The second-order valence-electron chi connectivity index (χ2n) is 5.42. The Labute approximate surface area is 145 Å². The van der Waals surface area contributed by atoms with Crippen molar-refractivity contribution in [2.45, 2.75) is 13.8 Å². The molecule has 0 saturated carbocycles. The Bertz CT molecular complexity index is 868. The van der Waals surface area contributed by atoms with Crippen LogP contribution in [-0.4, -0.2) is 24.1 Å². The molecule has 1 N–H and O–H groups in total. The van der Waals surface area contributed by atoms with Crippen LogP contribution in [0.15, 0.2) is 48.5 Å². The fourth-order valence-corrected chi connectivity index (χ4v) is 2.30. The lowest BCUT2D eigenvalue weighted by molar-refractivity contribution is -0.120. The highest BCUT2D eigenvalue weighted by Gasteiger charge is 2.17. The van der Waals surface area contributed by atoms with E-state index in [1.807, 2.05) is 6.07 Å². The molecule has 2 aromatic rings. The molecule has 2 aromatic carbocycles. The first kappa shape index (κ1) is 17.9. The molecule has 0 unspecified atom stereocenters. The molecule has 0 spiro atoms. The zero-order chi connectivity index (χ0) is 18.4. The Morgan fingerprint density at radius 2 is 1.80 bits per heavy atom. The van der Waals surface area contributed by atoms with Crippen molar-refractivity contribution in [3.63, 3.8) is 0 Å². The summed E-state index contributed by atoms with van der Waals surface area (Å²) >= 11 is 0.